The fourth-order valence-corrected chi connectivity index (χ4v) is 1.66. The van der Waals surface area contributed by atoms with Gasteiger partial charge in [0.2, 0.25) is 5.52 Å². The second kappa shape index (κ2) is 4.73. The van der Waals surface area contributed by atoms with Crippen LogP contribution in [0.2, 0.25) is 0 Å². The summed E-state index contributed by atoms with van der Waals surface area (Å²) in [5.74, 6) is 0. The number of rotatable bonds is 1. The van der Waals surface area contributed by atoms with E-state index in [-0.39, 0.29) is 24.0 Å². The summed E-state index contributed by atoms with van der Waals surface area (Å²) in [6.45, 7) is 4.27. The number of hydrogen-bond donors (Lipinski definition) is 0. The Morgan fingerprint density at radius 1 is 1.14 bits per heavy atom. The van der Waals surface area contributed by atoms with E-state index in [1.807, 2.05) is 0 Å². The maximum atomic E-state index is 3.41. The molecule has 1 heterocycles. The summed E-state index contributed by atoms with van der Waals surface area (Å²) < 4.78 is 0. The Labute approximate surface area is 102 Å². The van der Waals surface area contributed by atoms with Crippen LogP contribution in [0.4, 0.5) is 0 Å². The summed E-state index contributed by atoms with van der Waals surface area (Å²) >= 11 is 0. The van der Waals surface area contributed by atoms with Gasteiger partial charge in [0.15, 0.2) is 5.69 Å². The number of aryl methyl sites for hydroxylation is 2. The molecule has 0 aliphatic heterocycles. The van der Waals surface area contributed by atoms with Gasteiger partial charge >= 0.3 is 0 Å². The summed E-state index contributed by atoms with van der Waals surface area (Å²) in [5.41, 5.74) is 3.89. The monoisotopic (exact) mass is 299 g/mol. The summed E-state index contributed by atoms with van der Waals surface area (Å²) in [4.78, 5) is 3.41. The first-order chi connectivity index (χ1) is 6.31. The predicted octanol–water partition coefficient (Wildman–Crippen LogP) is -0.471. The van der Waals surface area contributed by atoms with Crippen molar-refractivity contribution in [3.8, 4) is 0 Å². The number of H-pyrrole nitrogens is 1. The van der Waals surface area contributed by atoms with Gasteiger partial charge in [0.25, 0.3) is 0 Å². The minimum absolute atomic E-state index is 0. The number of hydrogen-bond acceptors (Lipinski definition) is 0. The molecule has 14 heavy (non-hydrogen) atoms. The molecule has 2 heteroatoms. The molecule has 0 saturated carbocycles. The minimum Gasteiger partial charge on any atom is -1.00 e. The van der Waals surface area contributed by atoms with Gasteiger partial charge in [0, 0.05) is 23.9 Å². The SMILES string of the molecule is CCc1cccc2ccc(C)[nH+]c12.[I-]. The van der Waals surface area contributed by atoms with Crippen molar-refractivity contribution in [1.82, 2.24) is 0 Å². The molecule has 0 unspecified atom stereocenters. The molecule has 0 fully saturated rings. The molecule has 1 aromatic carbocycles. The van der Waals surface area contributed by atoms with Crippen LogP contribution in [0.5, 0.6) is 0 Å². The molecule has 0 aliphatic carbocycles. The molecule has 0 radical (unpaired) electrons. The van der Waals surface area contributed by atoms with Gasteiger partial charge in [-0.3, -0.25) is 0 Å². The molecular weight excluding hydrogens is 285 g/mol. The Morgan fingerprint density at radius 3 is 2.64 bits per heavy atom. The standard InChI is InChI=1S/C12H13N.HI/c1-3-10-5-4-6-11-8-7-9(2)13-12(10)11;/h4-8H,3H2,1-2H3;1H. The van der Waals surface area contributed by atoms with Crippen molar-refractivity contribution in [1.29, 1.82) is 0 Å². The molecule has 74 valence electrons. The lowest BCUT2D eigenvalue weighted by atomic mass is 10.1. The van der Waals surface area contributed by atoms with Crippen molar-refractivity contribution in [2.75, 3.05) is 0 Å². The highest BCUT2D eigenvalue weighted by molar-refractivity contribution is 5.78. The lowest BCUT2D eigenvalue weighted by Gasteiger charge is -1.97. The molecule has 0 bridgehead atoms. The first kappa shape index (κ1) is 11.4. The number of para-hydroxylation sites is 1. The largest absolute Gasteiger partial charge is 1.00 e. The zero-order chi connectivity index (χ0) is 9.26. The third-order valence-corrected chi connectivity index (χ3v) is 2.40. The van der Waals surface area contributed by atoms with E-state index < -0.39 is 0 Å². The van der Waals surface area contributed by atoms with E-state index in [9.17, 15) is 0 Å². The Hall–Kier alpha value is -0.640. The number of nitrogens with one attached hydrogen (secondary N) is 1. The molecule has 0 spiro atoms. The van der Waals surface area contributed by atoms with Crippen molar-refractivity contribution < 1.29 is 29.0 Å². The fourth-order valence-electron chi connectivity index (χ4n) is 1.66. The third-order valence-electron chi connectivity index (χ3n) is 2.40. The summed E-state index contributed by atoms with van der Waals surface area (Å²) in [6.07, 6.45) is 1.08. The topological polar surface area (TPSA) is 14.1 Å². The van der Waals surface area contributed by atoms with E-state index in [1.165, 1.54) is 22.2 Å². The molecule has 1 aromatic heterocycles. The molecule has 1 nitrogen and oxygen atoms in total. The number of halogens is 1. The molecule has 1 N–H and O–H groups in total. The average molecular weight is 299 g/mol. The van der Waals surface area contributed by atoms with Gasteiger partial charge in [-0.15, -0.1) is 0 Å². The number of aromatic nitrogens is 1. The Balaban J connectivity index is 0.000000980. The van der Waals surface area contributed by atoms with Crippen molar-refractivity contribution in [3.63, 3.8) is 0 Å². The number of benzene rings is 1. The van der Waals surface area contributed by atoms with E-state index >= 15 is 0 Å². The molecular formula is C12H14IN. The van der Waals surface area contributed by atoms with E-state index in [2.05, 4.69) is 49.2 Å². The van der Waals surface area contributed by atoms with Crippen LogP contribution in [0.1, 0.15) is 18.2 Å². The van der Waals surface area contributed by atoms with Gasteiger partial charge in [-0.25, -0.2) is 4.98 Å². The lowest BCUT2D eigenvalue weighted by Crippen LogP contribution is -3.00. The first-order valence-corrected chi connectivity index (χ1v) is 4.72. The zero-order valence-electron chi connectivity index (χ0n) is 8.47. The second-order valence-corrected chi connectivity index (χ2v) is 3.38. The lowest BCUT2D eigenvalue weighted by molar-refractivity contribution is -0.355. The van der Waals surface area contributed by atoms with Crippen LogP contribution < -0.4 is 29.0 Å². The summed E-state index contributed by atoms with van der Waals surface area (Å²) in [7, 11) is 0. The van der Waals surface area contributed by atoms with Crippen LogP contribution >= 0.6 is 0 Å². The maximum absolute atomic E-state index is 3.41. The normalized spacial score (nSPS) is 9.86. The smallest absolute Gasteiger partial charge is 0.214 e. The zero-order valence-corrected chi connectivity index (χ0v) is 10.6. The highest BCUT2D eigenvalue weighted by Gasteiger charge is 2.05. The summed E-state index contributed by atoms with van der Waals surface area (Å²) in [6, 6.07) is 10.7. The fraction of sp³-hybridized carbons (Fsp3) is 0.250. The Bertz CT molecular complexity index is 437. The average Bonchev–Trinajstić information content (AvgIpc) is 2.17. The number of pyridine rings is 1. The molecule has 0 aliphatic rings. The molecule has 2 aromatic rings. The second-order valence-electron chi connectivity index (χ2n) is 3.38. The Morgan fingerprint density at radius 2 is 1.93 bits per heavy atom. The van der Waals surface area contributed by atoms with E-state index in [0.29, 0.717) is 0 Å². The van der Waals surface area contributed by atoms with Crippen LogP contribution in [-0.2, 0) is 6.42 Å². The van der Waals surface area contributed by atoms with Crippen LogP contribution in [-0.4, -0.2) is 0 Å². The minimum atomic E-state index is 0. The molecule has 0 atom stereocenters. The van der Waals surface area contributed by atoms with E-state index in [4.69, 9.17) is 0 Å². The van der Waals surface area contributed by atoms with Gasteiger partial charge in [0.05, 0.1) is 0 Å². The number of fused-ring (bicyclic) bond motifs is 1. The molecule has 0 saturated heterocycles. The van der Waals surface area contributed by atoms with Gasteiger partial charge in [0.1, 0.15) is 0 Å². The van der Waals surface area contributed by atoms with Crippen LogP contribution in [0, 0.1) is 6.92 Å². The predicted molar refractivity (Wildman–Crippen MR) is 54.6 cm³/mol. The highest BCUT2D eigenvalue weighted by Crippen LogP contribution is 2.14. The number of aromatic amines is 1. The van der Waals surface area contributed by atoms with Crippen molar-refractivity contribution >= 4 is 10.9 Å². The van der Waals surface area contributed by atoms with Gasteiger partial charge in [-0.1, -0.05) is 19.1 Å². The third kappa shape index (κ3) is 2.05. The van der Waals surface area contributed by atoms with E-state index in [0.717, 1.165) is 6.42 Å². The molecule has 2 rings (SSSR count). The van der Waals surface area contributed by atoms with Gasteiger partial charge < -0.3 is 24.0 Å². The highest BCUT2D eigenvalue weighted by atomic mass is 127. The van der Waals surface area contributed by atoms with Crippen molar-refractivity contribution in [3.05, 3.63) is 41.6 Å². The van der Waals surface area contributed by atoms with Crippen LogP contribution in [0.15, 0.2) is 30.3 Å². The summed E-state index contributed by atoms with van der Waals surface area (Å²) in [5, 5.41) is 1.30. The van der Waals surface area contributed by atoms with Crippen molar-refractivity contribution in [2.24, 2.45) is 0 Å². The molecule has 0 amide bonds. The van der Waals surface area contributed by atoms with Gasteiger partial charge in [-0.05, 0) is 18.6 Å². The first-order valence-electron chi connectivity index (χ1n) is 4.72. The van der Waals surface area contributed by atoms with Crippen LogP contribution in [0.3, 0.4) is 0 Å². The maximum Gasteiger partial charge on any atom is 0.214 e. The van der Waals surface area contributed by atoms with Crippen LogP contribution in [0.25, 0.3) is 10.9 Å². The Kier molecular flexibility index (Phi) is 3.86. The van der Waals surface area contributed by atoms with E-state index in [1.54, 1.807) is 0 Å². The van der Waals surface area contributed by atoms with Crippen molar-refractivity contribution in [2.45, 2.75) is 20.3 Å². The quantitative estimate of drug-likeness (QED) is 0.632. The van der Waals surface area contributed by atoms with Gasteiger partial charge in [-0.2, -0.15) is 0 Å².